The molecule has 2 bridgehead atoms. The van der Waals surface area contributed by atoms with E-state index in [0.29, 0.717) is 5.92 Å². The maximum absolute atomic E-state index is 12.2. The first-order valence-corrected chi connectivity index (χ1v) is 7.20. The van der Waals surface area contributed by atoms with Crippen LogP contribution in [0.4, 0.5) is 0 Å². The first-order chi connectivity index (χ1) is 8.23. The molecule has 17 heavy (non-hydrogen) atoms. The zero-order valence-electron chi connectivity index (χ0n) is 10.7. The van der Waals surface area contributed by atoms with Gasteiger partial charge in [0.15, 0.2) is 0 Å². The maximum atomic E-state index is 12.2. The molecule has 3 fully saturated rings. The van der Waals surface area contributed by atoms with Gasteiger partial charge >= 0.3 is 5.97 Å². The summed E-state index contributed by atoms with van der Waals surface area (Å²) in [6, 6.07) is -0.0300. The Hall–Kier alpha value is -0.570. The highest BCUT2D eigenvalue weighted by Gasteiger charge is 2.53. The highest BCUT2D eigenvalue weighted by molar-refractivity contribution is 5.76. The second-order valence-electron chi connectivity index (χ2n) is 6.07. The van der Waals surface area contributed by atoms with Crippen LogP contribution in [-0.4, -0.2) is 24.2 Å². The van der Waals surface area contributed by atoms with E-state index < -0.39 is 0 Å². The summed E-state index contributed by atoms with van der Waals surface area (Å²) < 4.78 is 5.96. The number of esters is 1. The van der Waals surface area contributed by atoms with Gasteiger partial charge in [-0.1, -0.05) is 6.92 Å². The SMILES string of the molecule is CC[C@@]1(OC(=O)C2CCCN2)C[C@@H]2CC[C@H]1C2. The molecule has 0 spiro atoms. The molecule has 3 aliphatic rings. The number of hydrogen-bond donors (Lipinski definition) is 1. The van der Waals surface area contributed by atoms with Gasteiger partial charge in [-0.2, -0.15) is 0 Å². The van der Waals surface area contributed by atoms with E-state index in [4.69, 9.17) is 4.74 Å². The number of rotatable bonds is 3. The molecule has 0 aromatic heterocycles. The molecule has 1 heterocycles. The van der Waals surface area contributed by atoms with E-state index in [2.05, 4.69) is 12.2 Å². The third-order valence-corrected chi connectivity index (χ3v) is 5.17. The topological polar surface area (TPSA) is 38.3 Å². The van der Waals surface area contributed by atoms with Gasteiger partial charge in [0.2, 0.25) is 0 Å². The number of fused-ring (bicyclic) bond motifs is 2. The molecule has 1 unspecified atom stereocenters. The first kappa shape index (κ1) is 11.5. The summed E-state index contributed by atoms with van der Waals surface area (Å²) in [6.07, 6.45) is 8.08. The molecular formula is C14H23NO2. The average Bonchev–Trinajstić information content (AvgIpc) is 3.05. The molecule has 0 aromatic carbocycles. The lowest BCUT2D eigenvalue weighted by Gasteiger charge is -2.37. The quantitative estimate of drug-likeness (QED) is 0.765. The second kappa shape index (κ2) is 4.27. The van der Waals surface area contributed by atoms with Crippen LogP contribution in [0.1, 0.15) is 51.9 Å². The molecule has 1 N–H and O–H groups in total. The summed E-state index contributed by atoms with van der Waals surface area (Å²) >= 11 is 0. The molecule has 1 aliphatic heterocycles. The molecule has 3 nitrogen and oxygen atoms in total. The summed E-state index contributed by atoms with van der Waals surface area (Å²) in [7, 11) is 0. The Balaban J connectivity index is 1.67. The summed E-state index contributed by atoms with van der Waals surface area (Å²) in [5.74, 6) is 1.48. The van der Waals surface area contributed by atoms with Crippen LogP contribution < -0.4 is 5.32 Å². The Morgan fingerprint density at radius 2 is 2.29 bits per heavy atom. The minimum absolute atomic E-state index is 0.0110. The van der Waals surface area contributed by atoms with Crippen molar-refractivity contribution in [1.29, 1.82) is 0 Å². The predicted molar refractivity (Wildman–Crippen MR) is 65.6 cm³/mol. The smallest absolute Gasteiger partial charge is 0.323 e. The monoisotopic (exact) mass is 237 g/mol. The number of carbonyl (C=O) groups is 1. The minimum Gasteiger partial charge on any atom is -0.458 e. The lowest BCUT2D eigenvalue weighted by Crippen LogP contribution is -2.44. The number of ether oxygens (including phenoxy) is 1. The van der Waals surface area contributed by atoms with Gasteiger partial charge in [0.1, 0.15) is 11.6 Å². The van der Waals surface area contributed by atoms with E-state index in [-0.39, 0.29) is 17.6 Å². The number of carbonyl (C=O) groups excluding carboxylic acids is 1. The molecule has 0 amide bonds. The molecule has 2 saturated carbocycles. The number of hydrogen-bond acceptors (Lipinski definition) is 3. The fourth-order valence-corrected chi connectivity index (χ4v) is 4.18. The fourth-order valence-electron chi connectivity index (χ4n) is 4.18. The van der Waals surface area contributed by atoms with E-state index in [1.165, 1.54) is 19.3 Å². The average molecular weight is 237 g/mol. The van der Waals surface area contributed by atoms with Crippen LogP contribution in [0.5, 0.6) is 0 Å². The summed E-state index contributed by atoms with van der Waals surface area (Å²) in [5, 5.41) is 3.24. The van der Waals surface area contributed by atoms with Gasteiger partial charge < -0.3 is 10.1 Å². The Kier molecular flexibility index (Phi) is 2.89. The van der Waals surface area contributed by atoms with E-state index >= 15 is 0 Å². The molecule has 2 aliphatic carbocycles. The van der Waals surface area contributed by atoms with Crippen molar-refractivity contribution in [3.05, 3.63) is 0 Å². The fraction of sp³-hybridized carbons (Fsp3) is 0.929. The van der Waals surface area contributed by atoms with Crippen LogP contribution >= 0.6 is 0 Å². The van der Waals surface area contributed by atoms with Crippen molar-refractivity contribution in [1.82, 2.24) is 5.32 Å². The second-order valence-corrected chi connectivity index (χ2v) is 6.07. The van der Waals surface area contributed by atoms with Crippen LogP contribution in [0.3, 0.4) is 0 Å². The molecular weight excluding hydrogens is 214 g/mol. The van der Waals surface area contributed by atoms with Gasteiger partial charge in [0.05, 0.1) is 0 Å². The van der Waals surface area contributed by atoms with Crippen molar-refractivity contribution in [3.63, 3.8) is 0 Å². The van der Waals surface area contributed by atoms with Crippen molar-refractivity contribution < 1.29 is 9.53 Å². The molecule has 0 radical (unpaired) electrons. The lowest BCUT2D eigenvalue weighted by atomic mass is 9.82. The van der Waals surface area contributed by atoms with Gasteiger partial charge in [-0.3, -0.25) is 4.79 Å². The van der Waals surface area contributed by atoms with Crippen molar-refractivity contribution in [2.75, 3.05) is 6.54 Å². The van der Waals surface area contributed by atoms with Crippen molar-refractivity contribution in [2.45, 2.75) is 63.5 Å². The van der Waals surface area contributed by atoms with E-state index in [1.54, 1.807) is 0 Å². The zero-order valence-corrected chi connectivity index (χ0v) is 10.7. The zero-order chi connectivity index (χ0) is 11.9. The summed E-state index contributed by atoms with van der Waals surface area (Å²) in [4.78, 5) is 12.2. The third kappa shape index (κ3) is 1.88. The van der Waals surface area contributed by atoms with Crippen LogP contribution in [0.2, 0.25) is 0 Å². The summed E-state index contributed by atoms with van der Waals surface area (Å²) in [6.45, 7) is 3.14. The Bertz CT molecular complexity index is 311. The molecule has 3 heteroatoms. The standard InChI is InChI=1S/C14H23NO2/c1-2-14(9-10-5-6-11(14)8-10)17-13(16)12-4-3-7-15-12/h10-12,15H,2-9H2,1H3/t10-,11+,12?,14-/m1/s1. The van der Waals surface area contributed by atoms with Gasteiger partial charge in [-0.15, -0.1) is 0 Å². The maximum Gasteiger partial charge on any atom is 0.323 e. The molecule has 3 rings (SSSR count). The van der Waals surface area contributed by atoms with Crippen LogP contribution in [0.25, 0.3) is 0 Å². The Morgan fingerprint density at radius 1 is 1.41 bits per heavy atom. The van der Waals surface area contributed by atoms with Gasteiger partial charge in [0, 0.05) is 0 Å². The highest BCUT2D eigenvalue weighted by atomic mass is 16.6. The largest absolute Gasteiger partial charge is 0.458 e. The van der Waals surface area contributed by atoms with Crippen LogP contribution in [-0.2, 0) is 9.53 Å². The number of nitrogens with one attached hydrogen (secondary N) is 1. The van der Waals surface area contributed by atoms with E-state index in [0.717, 1.165) is 38.1 Å². The van der Waals surface area contributed by atoms with Crippen LogP contribution in [0, 0.1) is 11.8 Å². The third-order valence-electron chi connectivity index (χ3n) is 5.17. The molecule has 1 saturated heterocycles. The highest BCUT2D eigenvalue weighted by Crippen LogP contribution is 2.54. The summed E-state index contributed by atoms with van der Waals surface area (Å²) in [5.41, 5.74) is -0.107. The predicted octanol–water partition coefficient (Wildman–Crippen LogP) is 2.25. The van der Waals surface area contributed by atoms with Crippen LogP contribution in [0.15, 0.2) is 0 Å². The van der Waals surface area contributed by atoms with E-state index in [9.17, 15) is 4.79 Å². The van der Waals surface area contributed by atoms with Crippen molar-refractivity contribution in [2.24, 2.45) is 11.8 Å². The van der Waals surface area contributed by atoms with Crippen molar-refractivity contribution >= 4 is 5.97 Å². The molecule has 0 aromatic rings. The van der Waals surface area contributed by atoms with Gasteiger partial charge in [-0.25, -0.2) is 0 Å². The Labute approximate surface area is 103 Å². The van der Waals surface area contributed by atoms with E-state index in [1.807, 2.05) is 0 Å². The molecule has 96 valence electrons. The first-order valence-electron chi connectivity index (χ1n) is 7.20. The normalized spacial score (nSPS) is 44.2. The van der Waals surface area contributed by atoms with Gasteiger partial charge in [0.25, 0.3) is 0 Å². The van der Waals surface area contributed by atoms with Gasteiger partial charge in [-0.05, 0) is 63.3 Å². The Morgan fingerprint density at radius 3 is 2.82 bits per heavy atom. The minimum atomic E-state index is -0.107. The van der Waals surface area contributed by atoms with Crippen molar-refractivity contribution in [3.8, 4) is 0 Å². The lowest BCUT2D eigenvalue weighted by molar-refractivity contribution is -0.168. The molecule has 4 atom stereocenters.